The van der Waals surface area contributed by atoms with Gasteiger partial charge >= 0.3 is 5.97 Å². The van der Waals surface area contributed by atoms with Gasteiger partial charge in [-0.05, 0) is 46.0 Å². The van der Waals surface area contributed by atoms with E-state index in [0.29, 0.717) is 5.56 Å². The highest BCUT2D eigenvalue weighted by atomic mass is 79.9. The number of ether oxygens (including phenoxy) is 1. The monoisotopic (exact) mass is 453 g/mol. The second-order valence-electron chi connectivity index (χ2n) is 7.08. The number of carbonyl (C=O) groups excluding carboxylic acids is 2. The highest BCUT2D eigenvalue weighted by Gasteiger charge is 2.28. The lowest BCUT2D eigenvalue weighted by Crippen LogP contribution is -2.45. The van der Waals surface area contributed by atoms with Crippen LogP contribution in [0.25, 0.3) is 21.9 Å². The number of carbonyl (C=O) groups is 2. The topological polar surface area (TPSA) is 55.4 Å². The van der Waals surface area contributed by atoms with E-state index in [1.807, 2.05) is 68.4 Å². The summed E-state index contributed by atoms with van der Waals surface area (Å²) in [4.78, 5) is 25.4. The van der Waals surface area contributed by atoms with Crippen LogP contribution in [0, 0.1) is 5.92 Å². The zero-order valence-electron chi connectivity index (χ0n) is 16.7. The van der Waals surface area contributed by atoms with E-state index in [0.717, 1.165) is 32.8 Å². The van der Waals surface area contributed by atoms with Gasteiger partial charge in [0.2, 0.25) is 0 Å². The van der Waals surface area contributed by atoms with Crippen molar-refractivity contribution in [3.8, 4) is 11.1 Å². The molecule has 0 aliphatic carbocycles. The Morgan fingerprint density at radius 1 is 1.03 bits per heavy atom. The minimum Gasteiger partial charge on any atom is -0.467 e. The second kappa shape index (κ2) is 9.23. The van der Waals surface area contributed by atoms with Crippen LogP contribution in [0.2, 0.25) is 0 Å². The van der Waals surface area contributed by atoms with E-state index < -0.39 is 12.0 Å². The van der Waals surface area contributed by atoms with Gasteiger partial charge in [0, 0.05) is 10.0 Å². The molecule has 0 heterocycles. The Morgan fingerprint density at radius 3 is 2.48 bits per heavy atom. The average molecular weight is 454 g/mol. The van der Waals surface area contributed by atoms with Crippen molar-refractivity contribution >= 4 is 38.6 Å². The van der Waals surface area contributed by atoms with Gasteiger partial charge in [-0.15, -0.1) is 0 Å². The van der Waals surface area contributed by atoms with Crippen LogP contribution in [0.15, 0.2) is 65.1 Å². The van der Waals surface area contributed by atoms with Crippen LogP contribution in [0.5, 0.6) is 0 Å². The first-order chi connectivity index (χ1) is 14.0. The van der Waals surface area contributed by atoms with Gasteiger partial charge in [-0.1, -0.05) is 78.7 Å². The number of hydrogen-bond acceptors (Lipinski definition) is 3. The smallest absolute Gasteiger partial charge is 0.328 e. The van der Waals surface area contributed by atoms with Crippen LogP contribution in [-0.2, 0) is 9.53 Å². The van der Waals surface area contributed by atoms with Gasteiger partial charge in [0.1, 0.15) is 6.04 Å². The van der Waals surface area contributed by atoms with Gasteiger partial charge in [0.15, 0.2) is 0 Å². The van der Waals surface area contributed by atoms with E-state index in [-0.39, 0.29) is 11.8 Å². The van der Waals surface area contributed by atoms with Gasteiger partial charge in [0.25, 0.3) is 5.91 Å². The zero-order chi connectivity index (χ0) is 21.0. The lowest BCUT2D eigenvalue weighted by atomic mass is 9.93. The Morgan fingerprint density at radius 2 is 1.76 bits per heavy atom. The summed E-state index contributed by atoms with van der Waals surface area (Å²) in [7, 11) is 1.34. The molecule has 4 nitrogen and oxygen atoms in total. The van der Waals surface area contributed by atoms with E-state index >= 15 is 0 Å². The summed E-state index contributed by atoms with van der Waals surface area (Å²) in [6.45, 7) is 3.91. The summed E-state index contributed by atoms with van der Waals surface area (Å²) >= 11 is 3.52. The number of benzene rings is 3. The van der Waals surface area contributed by atoms with Crippen molar-refractivity contribution in [2.24, 2.45) is 5.92 Å². The molecule has 150 valence electrons. The van der Waals surface area contributed by atoms with Crippen LogP contribution < -0.4 is 5.32 Å². The van der Waals surface area contributed by atoms with Crippen molar-refractivity contribution < 1.29 is 14.3 Å². The molecule has 3 rings (SSSR count). The number of nitrogens with one attached hydrogen (secondary N) is 1. The number of rotatable bonds is 6. The number of fused-ring (bicyclic) bond motifs is 1. The fraction of sp³-hybridized carbons (Fsp3) is 0.250. The van der Waals surface area contributed by atoms with Crippen LogP contribution in [0.4, 0.5) is 0 Å². The molecule has 3 aromatic rings. The van der Waals surface area contributed by atoms with Crippen molar-refractivity contribution in [1.82, 2.24) is 5.32 Å². The van der Waals surface area contributed by atoms with Crippen LogP contribution in [0.1, 0.15) is 30.6 Å². The number of amides is 1. The molecule has 3 aromatic carbocycles. The van der Waals surface area contributed by atoms with Crippen molar-refractivity contribution in [2.75, 3.05) is 7.11 Å². The lowest BCUT2D eigenvalue weighted by Gasteiger charge is -2.22. The standard InChI is InChI=1S/C24H24BrNO3/c1-4-15(2)22(24(28)29-3)26-23(27)20-13-12-17(25)14-21(20)19-11-7-9-16-8-5-6-10-18(16)19/h5-15,22H,4H2,1-3H3,(H,26,27)/t15?,22-/m1/s1. The quantitative estimate of drug-likeness (QED) is 0.495. The Kier molecular flexibility index (Phi) is 6.70. The minimum absolute atomic E-state index is 0.0390. The van der Waals surface area contributed by atoms with Gasteiger partial charge in [-0.2, -0.15) is 0 Å². The number of halogens is 1. The van der Waals surface area contributed by atoms with Gasteiger partial charge in [0.05, 0.1) is 7.11 Å². The van der Waals surface area contributed by atoms with Crippen molar-refractivity contribution in [2.45, 2.75) is 26.3 Å². The SMILES string of the molecule is CCC(C)[C@@H](NC(=O)c1ccc(Br)cc1-c1cccc2ccccc12)C(=O)OC. The molecule has 1 amide bonds. The first kappa shape index (κ1) is 21.1. The van der Waals surface area contributed by atoms with Gasteiger partial charge in [-0.3, -0.25) is 4.79 Å². The lowest BCUT2D eigenvalue weighted by molar-refractivity contribution is -0.144. The largest absolute Gasteiger partial charge is 0.467 e. The maximum Gasteiger partial charge on any atom is 0.328 e. The predicted octanol–water partition coefficient (Wildman–Crippen LogP) is 5.59. The zero-order valence-corrected chi connectivity index (χ0v) is 18.3. The first-order valence-corrected chi connectivity index (χ1v) is 10.4. The molecule has 0 radical (unpaired) electrons. The molecule has 1 unspecified atom stereocenters. The van der Waals surface area contributed by atoms with Crippen LogP contribution in [0.3, 0.4) is 0 Å². The Bertz CT molecular complexity index is 1040. The molecule has 0 saturated heterocycles. The molecule has 29 heavy (non-hydrogen) atoms. The van der Waals surface area contributed by atoms with Gasteiger partial charge in [-0.25, -0.2) is 4.79 Å². The molecule has 0 aromatic heterocycles. The minimum atomic E-state index is -0.693. The van der Waals surface area contributed by atoms with E-state index in [4.69, 9.17) is 4.74 Å². The molecular weight excluding hydrogens is 430 g/mol. The molecule has 0 aliphatic heterocycles. The van der Waals surface area contributed by atoms with Gasteiger partial charge < -0.3 is 10.1 Å². The van der Waals surface area contributed by atoms with Crippen molar-refractivity contribution in [3.63, 3.8) is 0 Å². The number of methoxy groups -OCH3 is 1. The normalized spacial score (nSPS) is 13.0. The summed E-state index contributed by atoms with van der Waals surface area (Å²) < 4.78 is 5.78. The molecule has 1 N–H and O–H groups in total. The molecule has 0 spiro atoms. The third-order valence-electron chi connectivity index (χ3n) is 5.26. The van der Waals surface area contributed by atoms with Crippen molar-refractivity contribution in [1.29, 1.82) is 0 Å². The predicted molar refractivity (Wildman–Crippen MR) is 120 cm³/mol. The molecular formula is C24H24BrNO3. The van der Waals surface area contributed by atoms with Crippen LogP contribution >= 0.6 is 15.9 Å². The highest BCUT2D eigenvalue weighted by Crippen LogP contribution is 2.33. The highest BCUT2D eigenvalue weighted by molar-refractivity contribution is 9.10. The fourth-order valence-electron chi connectivity index (χ4n) is 3.41. The number of hydrogen-bond donors (Lipinski definition) is 1. The second-order valence-corrected chi connectivity index (χ2v) is 7.99. The fourth-order valence-corrected chi connectivity index (χ4v) is 3.77. The maximum atomic E-state index is 13.2. The molecule has 5 heteroatoms. The Hall–Kier alpha value is -2.66. The maximum absolute atomic E-state index is 13.2. The summed E-state index contributed by atoms with van der Waals surface area (Å²) in [5.74, 6) is -0.768. The summed E-state index contributed by atoms with van der Waals surface area (Å²) in [5, 5.41) is 5.05. The summed E-state index contributed by atoms with van der Waals surface area (Å²) in [6.07, 6.45) is 0.747. The molecule has 0 bridgehead atoms. The van der Waals surface area contributed by atoms with E-state index in [9.17, 15) is 9.59 Å². The average Bonchev–Trinajstić information content (AvgIpc) is 2.75. The van der Waals surface area contributed by atoms with Crippen molar-refractivity contribution in [3.05, 3.63) is 70.7 Å². The Labute approximate surface area is 179 Å². The third-order valence-corrected chi connectivity index (χ3v) is 5.75. The number of esters is 1. The third kappa shape index (κ3) is 4.51. The Balaban J connectivity index is 2.07. The molecule has 0 aliphatic rings. The summed E-state index contributed by atoms with van der Waals surface area (Å²) in [5.41, 5.74) is 2.29. The molecule has 2 atom stereocenters. The summed E-state index contributed by atoms with van der Waals surface area (Å²) in [6, 6.07) is 19.0. The molecule has 0 fully saturated rings. The van der Waals surface area contributed by atoms with E-state index in [1.54, 1.807) is 6.07 Å². The van der Waals surface area contributed by atoms with E-state index in [1.165, 1.54) is 7.11 Å². The van der Waals surface area contributed by atoms with Crippen LogP contribution in [-0.4, -0.2) is 25.0 Å². The first-order valence-electron chi connectivity index (χ1n) is 9.62. The molecule has 0 saturated carbocycles. The van der Waals surface area contributed by atoms with E-state index in [2.05, 4.69) is 21.2 Å².